The lowest BCUT2D eigenvalue weighted by molar-refractivity contribution is 1.20. The number of anilines is 11. The Balaban J connectivity index is 0.609. The van der Waals surface area contributed by atoms with Gasteiger partial charge in [0, 0.05) is 68.3 Å². The minimum Gasteiger partial charge on any atom is -0.311 e. The van der Waals surface area contributed by atoms with Gasteiger partial charge in [-0.1, -0.05) is 261 Å². The SMILES string of the molecule is C=C(/C=C\C(=C/C)N(c1ccccc1)c1ccc2ccccc2c1)c1ccc(N(c2ccccc2)c2ccc(-c3ccc(-c4ccc(-c5ccc(N(c6ccccc6)c6ccc(-c7ccc(N(c8ccccc8)c8ccc9ccccc9c8)cc7)cc6)cc5)cc4)cc3)cc2)cc1. The van der Waals surface area contributed by atoms with Crippen LogP contribution in [0.1, 0.15) is 12.5 Å². The van der Waals surface area contributed by atoms with Gasteiger partial charge in [-0.3, -0.25) is 0 Å². The van der Waals surface area contributed by atoms with Gasteiger partial charge >= 0.3 is 0 Å². The van der Waals surface area contributed by atoms with Crippen LogP contribution in [0.3, 0.4) is 0 Å². The molecule has 0 saturated carbocycles. The standard InChI is InChI=1S/C93H70N4/c1-3-82(94(83-24-8-4-9-25-83)92-64-51-70-20-16-18-22-80(70)66-92)53-32-68(2)69-41-54-87(55-42-69)95(84-26-10-5-11-27-84)88-56-43-76(44-57-88)74-37-33-72(34-38-74)73-35-39-75(40-36-73)77-45-58-89(59-46-77)96(85-28-12-6-13-29-85)90-60-47-78(48-61-90)79-49-62-91(63-50-79)97(86-30-14-7-15-31-86)93-65-52-71-21-17-19-23-81(71)67-93/h3-67H,2H2,1H3/b53-32-,82-3+. The number of fused-ring (bicyclic) bond motifs is 2. The zero-order valence-corrected chi connectivity index (χ0v) is 54.0. The Hall–Kier alpha value is -12.8. The number of hydrogen-bond donors (Lipinski definition) is 0. The lowest BCUT2D eigenvalue weighted by Crippen LogP contribution is -2.15. The van der Waals surface area contributed by atoms with Gasteiger partial charge in [-0.2, -0.15) is 0 Å². The van der Waals surface area contributed by atoms with E-state index < -0.39 is 0 Å². The Morgan fingerprint density at radius 1 is 0.227 bits per heavy atom. The topological polar surface area (TPSA) is 13.0 Å². The van der Waals surface area contributed by atoms with E-state index in [1.165, 1.54) is 38.2 Å². The van der Waals surface area contributed by atoms with Crippen LogP contribution < -0.4 is 19.6 Å². The summed E-state index contributed by atoms with van der Waals surface area (Å²) in [5, 5.41) is 4.86. The molecule has 0 heterocycles. The summed E-state index contributed by atoms with van der Waals surface area (Å²) in [4.78, 5) is 9.25. The van der Waals surface area contributed by atoms with E-state index in [9.17, 15) is 0 Å². The van der Waals surface area contributed by atoms with Gasteiger partial charge in [-0.15, -0.1) is 0 Å². The summed E-state index contributed by atoms with van der Waals surface area (Å²) in [6.45, 7) is 6.63. The van der Waals surface area contributed by atoms with Gasteiger partial charge in [-0.25, -0.2) is 0 Å². The van der Waals surface area contributed by atoms with Crippen molar-refractivity contribution in [1.82, 2.24) is 0 Å². The molecule has 462 valence electrons. The second-order valence-corrected chi connectivity index (χ2v) is 24.2. The lowest BCUT2D eigenvalue weighted by Gasteiger charge is -2.27. The van der Waals surface area contributed by atoms with E-state index >= 15 is 0 Å². The summed E-state index contributed by atoms with van der Waals surface area (Å²) in [5.74, 6) is 0. The molecule has 0 amide bonds. The first kappa shape index (κ1) is 60.5. The van der Waals surface area contributed by atoms with Crippen LogP contribution in [-0.2, 0) is 0 Å². The van der Waals surface area contributed by atoms with Crippen molar-refractivity contribution in [1.29, 1.82) is 0 Å². The number of rotatable bonds is 19. The highest BCUT2D eigenvalue weighted by Crippen LogP contribution is 2.42. The number of allylic oxidation sites excluding steroid dienone is 4. The maximum absolute atomic E-state index is 4.54. The van der Waals surface area contributed by atoms with Crippen LogP contribution in [0.2, 0.25) is 0 Å². The lowest BCUT2D eigenvalue weighted by atomic mass is 9.97. The molecule has 15 aromatic rings. The summed E-state index contributed by atoms with van der Waals surface area (Å²) in [7, 11) is 0. The Kier molecular flexibility index (Phi) is 17.3. The van der Waals surface area contributed by atoms with Crippen LogP contribution in [0.4, 0.5) is 62.6 Å². The van der Waals surface area contributed by atoms with Crippen LogP contribution in [0.25, 0.3) is 71.6 Å². The zero-order valence-electron chi connectivity index (χ0n) is 54.0. The second kappa shape index (κ2) is 27.8. The van der Waals surface area contributed by atoms with E-state index in [4.69, 9.17) is 0 Å². The number of nitrogens with zero attached hydrogens (tertiary/aromatic N) is 4. The molecule has 4 nitrogen and oxygen atoms in total. The van der Waals surface area contributed by atoms with Gasteiger partial charge in [0.05, 0.1) is 0 Å². The average Bonchev–Trinajstić information content (AvgIpc) is 0.862. The van der Waals surface area contributed by atoms with E-state index in [0.29, 0.717) is 0 Å². The van der Waals surface area contributed by atoms with Gasteiger partial charge < -0.3 is 19.6 Å². The molecular weight excluding hydrogens is 1170 g/mol. The fourth-order valence-electron chi connectivity index (χ4n) is 13.1. The third-order valence-corrected chi connectivity index (χ3v) is 18.2. The summed E-state index contributed by atoms with van der Waals surface area (Å²) in [5.41, 5.74) is 24.3. The van der Waals surface area contributed by atoms with Crippen molar-refractivity contribution < 1.29 is 0 Å². The molecule has 0 aliphatic rings. The summed E-state index contributed by atoms with van der Waals surface area (Å²) >= 11 is 0. The van der Waals surface area contributed by atoms with Crippen LogP contribution in [0.5, 0.6) is 0 Å². The van der Waals surface area contributed by atoms with Gasteiger partial charge in [0.25, 0.3) is 0 Å². The predicted molar refractivity (Wildman–Crippen MR) is 414 cm³/mol. The first-order valence-electron chi connectivity index (χ1n) is 33.1. The normalized spacial score (nSPS) is 11.4. The molecule has 0 aromatic heterocycles. The molecule has 0 saturated heterocycles. The van der Waals surface area contributed by atoms with Crippen molar-refractivity contribution in [2.24, 2.45) is 0 Å². The first-order valence-corrected chi connectivity index (χ1v) is 33.1. The van der Waals surface area contributed by atoms with Crippen molar-refractivity contribution in [3.05, 3.63) is 412 Å². The summed E-state index contributed by atoms with van der Waals surface area (Å²) in [6, 6.07) is 135. The quantitative estimate of drug-likeness (QED) is 0.0748. The van der Waals surface area contributed by atoms with Gasteiger partial charge in [0.2, 0.25) is 0 Å². The van der Waals surface area contributed by atoms with Crippen molar-refractivity contribution in [3.8, 4) is 44.5 Å². The molecule has 0 N–H and O–H groups in total. The fraction of sp³-hybridized carbons (Fsp3) is 0.0108. The van der Waals surface area contributed by atoms with E-state index in [1.807, 2.05) is 0 Å². The van der Waals surface area contributed by atoms with Crippen LogP contribution >= 0.6 is 0 Å². The largest absolute Gasteiger partial charge is 0.311 e. The summed E-state index contributed by atoms with van der Waals surface area (Å²) in [6.07, 6.45) is 6.44. The predicted octanol–water partition coefficient (Wildman–Crippen LogP) is 26.4. The molecule has 97 heavy (non-hydrogen) atoms. The van der Waals surface area contributed by atoms with Crippen LogP contribution in [-0.4, -0.2) is 0 Å². The van der Waals surface area contributed by atoms with E-state index in [2.05, 4.69) is 427 Å². The highest BCUT2D eigenvalue weighted by molar-refractivity contribution is 5.91. The molecule has 0 aliphatic heterocycles. The molecule has 0 bridgehead atoms. The fourth-order valence-corrected chi connectivity index (χ4v) is 13.1. The Bertz CT molecular complexity index is 5230. The van der Waals surface area contributed by atoms with Crippen LogP contribution in [0.15, 0.2) is 407 Å². The molecule has 15 rings (SSSR count). The molecule has 0 fully saturated rings. The maximum atomic E-state index is 4.54. The van der Waals surface area contributed by atoms with Gasteiger partial charge in [-0.05, 0) is 224 Å². The van der Waals surface area contributed by atoms with Crippen molar-refractivity contribution in [3.63, 3.8) is 0 Å². The highest BCUT2D eigenvalue weighted by atomic mass is 15.2. The molecule has 15 aromatic carbocycles. The van der Waals surface area contributed by atoms with Crippen molar-refractivity contribution >= 4 is 89.7 Å². The maximum Gasteiger partial charge on any atom is 0.0468 e. The van der Waals surface area contributed by atoms with Crippen LogP contribution in [0, 0.1) is 0 Å². The Labute approximate surface area is 569 Å². The van der Waals surface area contributed by atoms with Gasteiger partial charge in [0.15, 0.2) is 0 Å². The molecular formula is C93H70N4. The Morgan fingerprint density at radius 2 is 0.474 bits per heavy atom. The average molecular weight is 1240 g/mol. The van der Waals surface area contributed by atoms with Crippen molar-refractivity contribution in [2.45, 2.75) is 6.92 Å². The molecule has 0 atom stereocenters. The molecule has 0 spiro atoms. The minimum absolute atomic E-state index is 0.924. The Morgan fingerprint density at radius 3 is 0.814 bits per heavy atom. The first-order chi connectivity index (χ1) is 47.9. The smallest absolute Gasteiger partial charge is 0.0468 e. The van der Waals surface area contributed by atoms with Gasteiger partial charge in [0.1, 0.15) is 0 Å². The minimum atomic E-state index is 0.924. The number of hydrogen-bond acceptors (Lipinski definition) is 4. The summed E-state index contributed by atoms with van der Waals surface area (Å²) < 4.78 is 0. The molecule has 0 radical (unpaired) electrons. The van der Waals surface area contributed by atoms with E-state index in [0.717, 1.165) is 107 Å². The van der Waals surface area contributed by atoms with E-state index in [1.54, 1.807) is 0 Å². The molecule has 4 heteroatoms. The van der Waals surface area contributed by atoms with E-state index in [-0.39, 0.29) is 0 Å². The molecule has 0 unspecified atom stereocenters. The second-order valence-electron chi connectivity index (χ2n) is 24.2. The monoisotopic (exact) mass is 1240 g/mol. The molecule has 0 aliphatic carbocycles. The van der Waals surface area contributed by atoms with Crippen molar-refractivity contribution in [2.75, 3.05) is 19.6 Å². The third-order valence-electron chi connectivity index (χ3n) is 18.2. The third kappa shape index (κ3) is 13.2. The zero-order chi connectivity index (χ0) is 65.3. The highest BCUT2D eigenvalue weighted by Gasteiger charge is 2.19. The number of benzene rings is 15. The number of para-hydroxylation sites is 4.